The maximum Gasteiger partial charge on any atom is 0.417 e. The summed E-state index contributed by atoms with van der Waals surface area (Å²) in [6.07, 6.45) is -4.52. The molecule has 0 spiro atoms. The number of aryl methyl sites for hydroxylation is 1. The Labute approximate surface area is 125 Å². The lowest BCUT2D eigenvalue weighted by Crippen LogP contribution is -2.15. The average Bonchev–Trinajstić information content (AvgIpc) is 2.70. The van der Waals surface area contributed by atoms with E-state index in [-0.39, 0.29) is 21.5 Å². The molecule has 0 saturated heterocycles. The first-order valence-corrected chi connectivity index (χ1v) is 6.48. The topological polar surface area (TPSA) is 83.8 Å². The van der Waals surface area contributed by atoms with E-state index in [0.717, 1.165) is 6.07 Å². The van der Waals surface area contributed by atoms with Crippen molar-refractivity contribution in [2.24, 2.45) is 0 Å². The van der Waals surface area contributed by atoms with Crippen LogP contribution in [0.15, 0.2) is 22.7 Å². The van der Waals surface area contributed by atoms with Crippen molar-refractivity contribution in [3.05, 3.63) is 39.5 Å². The van der Waals surface area contributed by atoms with Crippen LogP contribution >= 0.6 is 15.9 Å². The number of anilines is 2. The zero-order chi connectivity index (χ0) is 15.8. The van der Waals surface area contributed by atoms with Gasteiger partial charge in [-0.25, -0.2) is 0 Å². The van der Waals surface area contributed by atoms with Gasteiger partial charge in [0, 0.05) is 15.9 Å². The first kappa shape index (κ1) is 15.4. The normalized spacial score (nSPS) is 11.5. The second-order valence-corrected chi connectivity index (χ2v) is 5.11. The van der Waals surface area contributed by atoms with E-state index in [9.17, 15) is 18.0 Å². The van der Waals surface area contributed by atoms with Crippen LogP contribution in [0.2, 0.25) is 0 Å². The Morgan fingerprint density at radius 1 is 1.43 bits per heavy atom. The van der Waals surface area contributed by atoms with Gasteiger partial charge in [-0.2, -0.15) is 18.3 Å². The van der Waals surface area contributed by atoms with E-state index < -0.39 is 17.6 Å². The van der Waals surface area contributed by atoms with Crippen molar-refractivity contribution in [2.45, 2.75) is 13.1 Å². The summed E-state index contributed by atoms with van der Waals surface area (Å²) in [6, 6.07) is 3.40. The van der Waals surface area contributed by atoms with Gasteiger partial charge in [0.2, 0.25) is 0 Å². The smallest absolute Gasteiger partial charge is 0.382 e. The Morgan fingerprint density at radius 3 is 2.62 bits per heavy atom. The largest absolute Gasteiger partial charge is 0.417 e. The number of carbonyl (C=O) groups is 1. The van der Waals surface area contributed by atoms with Gasteiger partial charge in [0.25, 0.3) is 5.91 Å². The van der Waals surface area contributed by atoms with Crippen molar-refractivity contribution in [3.8, 4) is 0 Å². The van der Waals surface area contributed by atoms with Crippen LogP contribution in [0.3, 0.4) is 0 Å². The standard InChI is InChI=1S/C12H10BrF3N4O/c1-5-9(10(17)20-19-5)11(21)18-6-2-3-8(13)7(4-6)12(14,15)16/h2-4H,1H3,(H,18,21)(H3,17,19,20). The fraction of sp³-hybridized carbons (Fsp3) is 0.167. The molecule has 0 aliphatic rings. The molecule has 0 unspecified atom stereocenters. The molecule has 1 aromatic heterocycles. The molecule has 4 N–H and O–H groups in total. The number of H-pyrrole nitrogens is 1. The molecule has 0 aliphatic carbocycles. The molecule has 0 fully saturated rings. The number of nitrogens with one attached hydrogen (secondary N) is 2. The highest BCUT2D eigenvalue weighted by Crippen LogP contribution is 2.36. The number of nitrogens with two attached hydrogens (primary N) is 1. The molecular formula is C12H10BrF3N4O. The van der Waals surface area contributed by atoms with Crippen LogP contribution in [0.4, 0.5) is 24.7 Å². The van der Waals surface area contributed by atoms with E-state index in [1.54, 1.807) is 6.92 Å². The van der Waals surface area contributed by atoms with Gasteiger partial charge in [0.1, 0.15) is 5.56 Å². The molecule has 0 aliphatic heterocycles. The average molecular weight is 363 g/mol. The molecule has 0 saturated carbocycles. The first-order valence-electron chi connectivity index (χ1n) is 5.68. The van der Waals surface area contributed by atoms with Crippen molar-refractivity contribution in [1.29, 1.82) is 0 Å². The molecule has 112 valence electrons. The van der Waals surface area contributed by atoms with Crippen LogP contribution in [0, 0.1) is 6.92 Å². The molecular weight excluding hydrogens is 353 g/mol. The Balaban J connectivity index is 2.31. The monoisotopic (exact) mass is 362 g/mol. The van der Waals surface area contributed by atoms with E-state index in [4.69, 9.17) is 5.73 Å². The maximum atomic E-state index is 12.8. The molecule has 2 rings (SSSR count). The highest BCUT2D eigenvalue weighted by atomic mass is 79.9. The highest BCUT2D eigenvalue weighted by Gasteiger charge is 2.33. The van der Waals surface area contributed by atoms with Crippen molar-refractivity contribution in [1.82, 2.24) is 10.2 Å². The van der Waals surface area contributed by atoms with Crippen LogP contribution < -0.4 is 11.1 Å². The van der Waals surface area contributed by atoms with Crippen LogP contribution in [0.5, 0.6) is 0 Å². The molecule has 1 amide bonds. The van der Waals surface area contributed by atoms with Crippen LogP contribution in [0.1, 0.15) is 21.6 Å². The fourth-order valence-corrected chi connectivity index (χ4v) is 2.22. The number of rotatable bonds is 2. The van der Waals surface area contributed by atoms with Crippen LogP contribution in [0.25, 0.3) is 0 Å². The number of benzene rings is 1. The van der Waals surface area contributed by atoms with Gasteiger partial charge in [0.15, 0.2) is 5.82 Å². The summed E-state index contributed by atoms with van der Waals surface area (Å²) < 4.78 is 38.3. The number of hydrogen-bond donors (Lipinski definition) is 3. The number of hydrogen-bond acceptors (Lipinski definition) is 3. The Hall–Kier alpha value is -2.03. The van der Waals surface area contributed by atoms with Gasteiger partial charge >= 0.3 is 6.18 Å². The van der Waals surface area contributed by atoms with Gasteiger partial charge in [-0.15, -0.1) is 0 Å². The van der Waals surface area contributed by atoms with Crippen molar-refractivity contribution >= 4 is 33.3 Å². The molecule has 0 radical (unpaired) electrons. The maximum absolute atomic E-state index is 12.8. The molecule has 5 nitrogen and oxygen atoms in total. The molecule has 0 bridgehead atoms. The zero-order valence-electron chi connectivity index (χ0n) is 10.7. The lowest BCUT2D eigenvalue weighted by Gasteiger charge is -2.12. The number of nitrogens with zero attached hydrogens (tertiary/aromatic N) is 1. The highest BCUT2D eigenvalue weighted by molar-refractivity contribution is 9.10. The third-order valence-electron chi connectivity index (χ3n) is 2.73. The minimum Gasteiger partial charge on any atom is -0.382 e. The summed E-state index contributed by atoms with van der Waals surface area (Å²) in [7, 11) is 0. The minimum atomic E-state index is -4.52. The van der Waals surface area contributed by atoms with Crippen molar-refractivity contribution in [2.75, 3.05) is 11.1 Å². The zero-order valence-corrected chi connectivity index (χ0v) is 12.3. The number of nitrogen functional groups attached to an aromatic ring is 1. The predicted octanol–water partition coefficient (Wildman–Crippen LogP) is 3.33. The third kappa shape index (κ3) is 3.18. The molecule has 21 heavy (non-hydrogen) atoms. The summed E-state index contributed by atoms with van der Waals surface area (Å²) in [4.78, 5) is 12.0. The number of carbonyl (C=O) groups excluding carboxylic acids is 1. The summed E-state index contributed by atoms with van der Waals surface area (Å²) in [5.41, 5.74) is 5.19. The van der Waals surface area contributed by atoms with Gasteiger partial charge in [-0.3, -0.25) is 9.89 Å². The third-order valence-corrected chi connectivity index (χ3v) is 3.42. The summed E-state index contributed by atoms with van der Waals surface area (Å²) in [5, 5.41) is 8.55. The second kappa shape index (κ2) is 5.40. The number of alkyl halides is 3. The predicted molar refractivity (Wildman–Crippen MR) is 74.8 cm³/mol. The van der Waals surface area contributed by atoms with Gasteiger partial charge in [-0.05, 0) is 25.1 Å². The van der Waals surface area contributed by atoms with Gasteiger partial charge in [-0.1, -0.05) is 15.9 Å². The quantitative estimate of drug-likeness (QED) is 0.765. The molecule has 1 heterocycles. The van der Waals surface area contributed by atoms with E-state index >= 15 is 0 Å². The Kier molecular flexibility index (Phi) is 3.95. The first-order chi connectivity index (χ1) is 9.70. The van der Waals surface area contributed by atoms with Crippen LogP contribution in [-0.2, 0) is 6.18 Å². The number of amides is 1. The van der Waals surface area contributed by atoms with E-state index in [1.165, 1.54) is 12.1 Å². The molecule has 1 aromatic carbocycles. The summed E-state index contributed by atoms with van der Waals surface area (Å²) >= 11 is 2.83. The summed E-state index contributed by atoms with van der Waals surface area (Å²) in [6.45, 7) is 1.58. The lowest BCUT2D eigenvalue weighted by molar-refractivity contribution is -0.138. The lowest BCUT2D eigenvalue weighted by atomic mass is 10.1. The number of aromatic nitrogens is 2. The number of halogens is 4. The van der Waals surface area contributed by atoms with Gasteiger partial charge in [0.05, 0.1) is 5.56 Å². The minimum absolute atomic E-state index is 0.00975. The molecule has 9 heteroatoms. The second-order valence-electron chi connectivity index (χ2n) is 4.26. The Bertz CT molecular complexity index is 677. The molecule has 0 atom stereocenters. The van der Waals surface area contributed by atoms with E-state index in [0.29, 0.717) is 5.69 Å². The van der Waals surface area contributed by atoms with Gasteiger partial charge < -0.3 is 11.1 Å². The SMILES string of the molecule is Cc1[nH]nc(N)c1C(=O)Nc1ccc(Br)c(C(F)(F)F)c1. The van der Waals surface area contributed by atoms with Crippen LogP contribution in [-0.4, -0.2) is 16.1 Å². The van der Waals surface area contributed by atoms with E-state index in [2.05, 4.69) is 31.4 Å². The number of aromatic amines is 1. The fourth-order valence-electron chi connectivity index (χ4n) is 1.75. The Morgan fingerprint density at radius 2 is 2.10 bits per heavy atom. The van der Waals surface area contributed by atoms with E-state index in [1.807, 2.05) is 0 Å². The molecule has 2 aromatic rings. The van der Waals surface area contributed by atoms with Crippen molar-refractivity contribution in [3.63, 3.8) is 0 Å². The summed E-state index contributed by atoms with van der Waals surface area (Å²) in [5.74, 6) is -0.646. The van der Waals surface area contributed by atoms with Crippen molar-refractivity contribution < 1.29 is 18.0 Å².